The average molecular weight is 441 g/mol. The molecule has 8 heteroatoms. The Balaban J connectivity index is 1.45. The maximum absolute atomic E-state index is 13.9. The average Bonchev–Trinajstić information content (AvgIpc) is 3.53. The minimum Gasteiger partial charge on any atom is -0.361 e. The molecule has 2 amide bonds. The Morgan fingerprint density at radius 2 is 2.19 bits per heavy atom. The Morgan fingerprint density at radius 3 is 2.90 bits per heavy atom. The number of amides is 2. The second kappa shape index (κ2) is 8.31. The number of likely N-dealkylation sites (tertiary alicyclic amines) is 1. The number of aryl methyl sites for hydroxylation is 1. The van der Waals surface area contributed by atoms with E-state index in [1.807, 2.05) is 34.2 Å². The fourth-order valence-corrected chi connectivity index (χ4v) is 5.94. The molecule has 0 N–H and O–H groups in total. The zero-order valence-corrected chi connectivity index (χ0v) is 18.6. The predicted octanol–water partition coefficient (Wildman–Crippen LogP) is 2.76. The van der Waals surface area contributed by atoms with E-state index in [4.69, 9.17) is 4.74 Å². The lowest BCUT2D eigenvalue weighted by atomic mass is 9.83. The van der Waals surface area contributed by atoms with Gasteiger partial charge >= 0.3 is 0 Å². The Kier molecular flexibility index (Phi) is 5.52. The number of thiazole rings is 1. The van der Waals surface area contributed by atoms with E-state index >= 15 is 0 Å². The van der Waals surface area contributed by atoms with E-state index in [1.54, 1.807) is 23.7 Å². The monoisotopic (exact) mass is 440 g/mol. The first kappa shape index (κ1) is 20.6. The number of rotatable bonds is 4. The van der Waals surface area contributed by atoms with Crippen molar-refractivity contribution in [1.29, 1.82) is 0 Å². The first-order valence-electron chi connectivity index (χ1n) is 11.1. The summed E-state index contributed by atoms with van der Waals surface area (Å²) in [6, 6.07) is 3.87. The molecular weight excluding hydrogens is 412 g/mol. The Hall–Kier alpha value is -2.32. The highest BCUT2D eigenvalue weighted by Crippen LogP contribution is 2.43. The molecule has 7 nitrogen and oxygen atoms in total. The zero-order valence-electron chi connectivity index (χ0n) is 17.8. The molecule has 2 aromatic rings. The number of pyridine rings is 1. The molecule has 0 unspecified atom stereocenters. The van der Waals surface area contributed by atoms with Crippen LogP contribution in [-0.2, 0) is 20.9 Å². The van der Waals surface area contributed by atoms with Gasteiger partial charge in [0.2, 0.25) is 5.91 Å². The van der Waals surface area contributed by atoms with Gasteiger partial charge in [-0.1, -0.05) is 18.9 Å². The summed E-state index contributed by atoms with van der Waals surface area (Å²) >= 11 is 1.59. The van der Waals surface area contributed by atoms with E-state index in [2.05, 4.69) is 9.97 Å². The number of hydrogen-bond donors (Lipinski definition) is 0. The lowest BCUT2D eigenvalue weighted by molar-refractivity contribution is -0.173. The third-order valence-electron chi connectivity index (χ3n) is 6.88. The van der Waals surface area contributed by atoms with Crippen molar-refractivity contribution in [3.63, 3.8) is 0 Å². The molecule has 1 saturated carbocycles. The molecule has 2 atom stereocenters. The van der Waals surface area contributed by atoms with Crippen LogP contribution in [0.5, 0.6) is 0 Å². The quantitative estimate of drug-likeness (QED) is 0.731. The van der Waals surface area contributed by atoms with Crippen LogP contribution in [0.15, 0.2) is 29.9 Å². The van der Waals surface area contributed by atoms with Gasteiger partial charge in [0.25, 0.3) is 5.91 Å². The third-order valence-corrected chi connectivity index (χ3v) is 7.71. The van der Waals surface area contributed by atoms with Crippen LogP contribution in [0.4, 0.5) is 0 Å². The molecule has 4 heterocycles. The van der Waals surface area contributed by atoms with Crippen molar-refractivity contribution < 1.29 is 14.3 Å². The molecule has 1 aliphatic carbocycles. The molecule has 0 radical (unpaired) electrons. The minimum absolute atomic E-state index is 0.0417. The Labute approximate surface area is 186 Å². The SMILES string of the molecule is Cc1nc(CN2CCO[C@]3(CN(C(=O)C4CCCC4)C[C@@H]3c3cccnc3)C2=O)cs1. The minimum atomic E-state index is -1.05. The van der Waals surface area contributed by atoms with Crippen LogP contribution in [0.2, 0.25) is 0 Å². The van der Waals surface area contributed by atoms with Crippen LogP contribution in [0.1, 0.15) is 47.9 Å². The van der Waals surface area contributed by atoms with Gasteiger partial charge in [0.15, 0.2) is 5.60 Å². The van der Waals surface area contributed by atoms with Crippen LogP contribution < -0.4 is 0 Å². The van der Waals surface area contributed by atoms with Crippen molar-refractivity contribution >= 4 is 23.2 Å². The number of ether oxygens (including phenoxy) is 1. The molecule has 1 spiro atoms. The standard InChI is InChI=1S/C23H28N4O3S/c1-16-25-19(14-31-16)12-26-9-10-30-23(22(26)29)15-27(21(28)17-5-2-3-6-17)13-20(23)18-7-4-8-24-11-18/h4,7-8,11,14,17,20H,2-3,5-6,9-10,12-13,15H2,1H3/t20-,23+/m1/s1. The number of aromatic nitrogens is 2. The molecule has 5 rings (SSSR count). The zero-order chi connectivity index (χ0) is 21.4. The van der Waals surface area contributed by atoms with Crippen molar-refractivity contribution in [2.24, 2.45) is 5.92 Å². The number of carbonyl (C=O) groups is 2. The van der Waals surface area contributed by atoms with Crippen molar-refractivity contribution in [2.75, 3.05) is 26.2 Å². The van der Waals surface area contributed by atoms with Crippen molar-refractivity contribution in [1.82, 2.24) is 19.8 Å². The topological polar surface area (TPSA) is 75.6 Å². The summed E-state index contributed by atoms with van der Waals surface area (Å²) in [5.41, 5.74) is 0.798. The molecule has 164 valence electrons. The Morgan fingerprint density at radius 1 is 1.35 bits per heavy atom. The highest BCUT2D eigenvalue weighted by Gasteiger charge is 2.58. The van der Waals surface area contributed by atoms with Crippen LogP contribution in [0.25, 0.3) is 0 Å². The van der Waals surface area contributed by atoms with E-state index < -0.39 is 5.60 Å². The highest BCUT2D eigenvalue weighted by atomic mass is 32.1. The summed E-state index contributed by atoms with van der Waals surface area (Å²) in [4.78, 5) is 39.6. The molecule has 3 fully saturated rings. The van der Waals surface area contributed by atoms with Crippen molar-refractivity contribution in [2.45, 2.75) is 50.7 Å². The smallest absolute Gasteiger partial charge is 0.257 e. The molecule has 2 aliphatic heterocycles. The van der Waals surface area contributed by atoms with Crippen LogP contribution in [-0.4, -0.2) is 63.4 Å². The summed E-state index contributed by atoms with van der Waals surface area (Å²) in [5.74, 6) is -0.0107. The number of hydrogen-bond acceptors (Lipinski definition) is 6. The first-order chi connectivity index (χ1) is 15.1. The van der Waals surface area contributed by atoms with Gasteiger partial charge in [0.05, 0.1) is 30.4 Å². The molecular formula is C23H28N4O3S. The van der Waals surface area contributed by atoms with Gasteiger partial charge in [0, 0.05) is 42.7 Å². The summed E-state index contributed by atoms with van der Waals surface area (Å²) in [5, 5.41) is 3.00. The molecule has 3 aliphatic rings. The van der Waals surface area contributed by atoms with Gasteiger partial charge in [-0.25, -0.2) is 4.98 Å². The fourth-order valence-electron chi connectivity index (χ4n) is 5.34. The van der Waals surface area contributed by atoms with Gasteiger partial charge in [-0.15, -0.1) is 11.3 Å². The normalized spacial score (nSPS) is 26.9. The van der Waals surface area contributed by atoms with Gasteiger partial charge in [-0.3, -0.25) is 14.6 Å². The Bertz CT molecular complexity index is 959. The number of carbonyl (C=O) groups excluding carboxylic acids is 2. The van der Waals surface area contributed by atoms with E-state index in [-0.39, 0.29) is 23.7 Å². The van der Waals surface area contributed by atoms with Gasteiger partial charge in [-0.2, -0.15) is 0 Å². The maximum Gasteiger partial charge on any atom is 0.257 e. The van der Waals surface area contributed by atoms with Crippen LogP contribution in [0, 0.1) is 12.8 Å². The lowest BCUT2D eigenvalue weighted by Gasteiger charge is -2.42. The predicted molar refractivity (Wildman–Crippen MR) is 116 cm³/mol. The second-order valence-corrected chi connectivity index (χ2v) is 9.92. The first-order valence-corrected chi connectivity index (χ1v) is 12.0. The van der Waals surface area contributed by atoms with Gasteiger partial charge in [-0.05, 0) is 31.4 Å². The number of morpholine rings is 1. The molecule has 2 saturated heterocycles. The van der Waals surface area contributed by atoms with E-state index in [0.29, 0.717) is 32.8 Å². The lowest BCUT2D eigenvalue weighted by Crippen LogP contribution is -2.60. The molecule has 31 heavy (non-hydrogen) atoms. The van der Waals surface area contributed by atoms with Crippen molar-refractivity contribution in [3.8, 4) is 0 Å². The molecule has 2 aromatic heterocycles. The van der Waals surface area contributed by atoms with Gasteiger partial charge < -0.3 is 14.5 Å². The third kappa shape index (κ3) is 3.76. The molecule has 0 aromatic carbocycles. The maximum atomic E-state index is 13.9. The van der Waals surface area contributed by atoms with Crippen LogP contribution >= 0.6 is 11.3 Å². The summed E-state index contributed by atoms with van der Waals surface area (Å²) in [7, 11) is 0. The highest BCUT2D eigenvalue weighted by molar-refractivity contribution is 7.09. The summed E-state index contributed by atoms with van der Waals surface area (Å²) < 4.78 is 6.29. The summed E-state index contributed by atoms with van der Waals surface area (Å²) in [6.45, 7) is 4.25. The van der Waals surface area contributed by atoms with E-state index in [9.17, 15) is 9.59 Å². The van der Waals surface area contributed by atoms with Crippen LogP contribution in [0.3, 0.4) is 0 Å². The largest absolute Gasteiger partial charge is 0.361 e. The molecule has 0 bridgehead atoms. The van der Waals surface area contributed by atoms with Crippen molar-refractivity contribution in [3.05, 3.63) is 46.2 Å². The fraction of sp³-hybridized carbons (Fsp3) is 0.565. The van der Waals surface area contributed by atoms with E-state index in [1.165, 1.54) is 0 Å². The van der Waals surface area contributed by atoms with Gasteiger partial charge in [0.1, 0.15) is 0 Å². The summed E-state index contributed by atoms with van der Waals surface area (Å²) in [6.07, 6.45) is 7.64. The van der Waals surface area contributed by atoms with E-state index in [0.717, 1.165) is 41.9 Å². The second-order valence-electron chi connectivity index (χ2n) is 8.86. The number of nitrogens with zero attached hydrogens (tertiary/aromatic N) is 4.